The summed E-state index contributed by atoms with van der Waals surface area (Å²) >= 11 is 0. The third-order valence-corrected chi connectivity index (χ3v) is 4.44. The Bertz CT molecular complexity index is 749. The standard InChI is InChI=1S/C19H20N2O3.ClH/c22-18-5-2-10-21(18)16-8-6-14(7-9-16)11-20-12-15-3-1-4-17-19(15)24-13-23-17;/h1,3-4,6-9,20H,2,5,10-13H2;1H. The summed E-state index contributed by atoms with van der Waals surface area (Å²) in [4.78, 5) is 13.6. The van der Waals surface area contributed by atoms with Crippen LogP contribution in [-0.4, -0.2) is 19.2 Å². The van der Waals surface area contributed by atoms with Crippen molar-refractivity contribution in [1.82, 2.24) is 5.32 Å². The molecule has 0 saturated carbocycles. The Morgan fingerprint density at radius 2 is 1.88 bits per heavy atom. The zero-order valence-corrected chi connectivity index (χ0v) is 14.7. The minimum absolute atomic E-state index is 0. The van der Waals surface area contributed by atoms with Crippen molar-refractivity contribution in [3.63, 3.8) is 0 Å². The van der Waals surface area contributed by atoms with Crippen LogP contribution in [0.4, 0.5) is 5.69 Å². The van der Waals surface area contributed by atoms with Crippen LogP contribution in [0.15, 0.2) is 42.5 Å². The van der Waals surface area contributed by atoms with Gasteiger partial charge in [0.05, 0.1) is 0 Å². The number of rotatable bonds is 5. The molecule has 0 spiro atoms. The zero-order chi connectivity index (χ0) is 16.4. The summed E-state index contributed by atoms with van der Waals surface area (Å²) in [7, 11) is 0. The first-order valence-electron chi connectivity index (χ1n) is 8.29. The first-order chi connectivity index (χ1) is 11.8. The van der Waals surface area contributed by atoms with Gasteiger partial charge in [-0.05, 0) is 30.2 Å². The SMILES string of the molecule is Cl.O=C1CCCN1c1ccc(CNCc2cccc3c2OCO3)cc1. The molecule has 2 heterocycles. The molecule has 0 bridgehead atoms. The van der Waals surface area contributed by atoms with Crippen LogP contribution in [0.5, 0.6) is 11.5 Å². The van der Waals surface area contributed by atoms with Gasteiger partial charge in [-0.1, -0.05) is 24.3 Å². The van der Waals surface area contributed by atoms with Crippen LogP contribution in [0.2, 0.25) is 0 Å². The van der Waals surface area contributed by atoms with Crippen molar-refractivity contribution in [1.29, 1.82) is 0 Å². The second-order valence-corrected chi connectivity index (χ2v) is 6.07. The van der Waals surface area contributed by atoms with E-state index in [0.29, 0.717) is 13.2 Å². The van der Waals surface area contributed by atoms with Gasteiger partial charge in [-0.25, -0.2) is 0 Å². The van der Waals surface area contributed by atoms with Crippen molar-refractivity contribution in [3.05, 3.63) is 53.6 Å². The van der Waals surface area contributed by atoms with E-state index in [1.807, 2.05) is 35.2 Å². The number of halogens is 1. The highest BCUT2D eigenvalue weighted by Crippen LogP contribution is 2.35. The molecule has 0 aromatic heterocycles. The normalized spacial score (nSPS) is 15.4. The molecule has 25 heavy (non-hydrogen) atoms. The number of hydrogen-bond donors (Lipinski definition) is 1. The van der Waals surface area contributed by atoms with Crippen molar-refractivity contribution < 1.29 is 14.3 Å². The molecule has 0 aliphatic carbocycles. The predicted octanol–water partition coefficient (Wildman–Crippen LogP) is 3.25. The van der Waals surface area contributed by atoms with Gasteiger partial charge in [0.2, 0.25) is 12.7 Å². The third-order valence-electron chi connectivity index (χ3n) is 4.44. The molecule has 2 aliphatic heterocycles. The van der Waals surface area contributed by atoms with Crippen molar-refractivity contribution in [2.75, 3.05) is 18.2 Å². The lowest BCUT2D eigenvalue weighted by atomic mass is 10.1. The number of fused-ring (bicyclic) bond motifs is 1. The summed E-state index contributed by atoms with van der Waals surface area (Å²) in [5.74, 6) is 1.88. The molecule has 5 nitrogen and oxygen atoms in total. The zero-order valence-electron chi connectivity index (χ0n) is 13.9. The first kappa shape index (κ1) is 17.6. The molecule has 6 heteroatoms. The molecule has 1 N–H and O–H groups in total. The maximum absolute atomic E-state index is 11.8. The summed E-state index contributed by atoms with van der Waals surface area (Å²) < 4.78 is 10.9. The van der Waals surface area contributed by atoms with Crippen LogP contribution in [0.1, 0.15) is 24.0 Å². The van der Waals surface area contributed by atoms with Gasteiger partial charge in [0.25, 0.3) is 0 Å². The molecule has 2 aliphatic rings. The Morgan fingerprint density at radius 1 is 1.04 bits per heavy atom. The van der Waals surface area contributed by atoms with Crippen LogP contribution >= 0.6 is 12.4 Å². The van der Waals surface area contributed by atoms with Crippen LogP contribution in [0.3, 0.4) is 0 Å². The fraction of sp³-hybridized carbons (Fsp3) is 0.316. The Balaban J connectivity index is 0.00000182. The maximum Gasteiger partial charge on any atom is 0.231 e. The summed E-state index contributed by atoms with van der Waals surface area (Å²) in [6.45, 7) is 2.61. The molecule has 0 radical (unpaired) electrons. The first-order valence-corrected chi connectivity index (χ1v) is 8.29. The van der Waals surface area contributed by atoms with E-state index in [1.165, 1.54) is 5.56 Å². The number of benzene rings is 2. The average molecular weight is 361 g/mol. The smallest absolute Gasteiger partial charge is 0.231 e. The fourth-order valence-electron chi connectivity index (χ4n) is 3.19. The molecule has 0 unspecified atom stereocenters. The summed E-state index contributed by atoms with van der Waals surface area (Å²) in [6, 6.07) is 14.1. The van der Waals surface area contributed by atoms with Gasteiger partial charge < -0.3 is 19.7 Å². The number of nitrogens with zero attached hydrogens (tertiary/aromatic N) is 1. The number of ether oxygens (including phenoxy) is 2. The highest BCUT2D eigenvalue weighted by Gasteiger charge is 2.21. The van der Waals surface area contributed by atoms with Gasteiger partial charge in [0, 0.05) is 37.3 Å². The lowest BCUT2D eigenvalue weighted by Crippen LogP contribution is -2.23. The molecule has 4 rings (SSSR count). The Kier molecular flexibility index (Phi) is 5.46. The third kappa shape index (κ3) is 3.72. The van der Waals surface area contributed by atoms with Crippen LogP contribution < -0.4 is 19.7 Å². The highest BCUT2D eigenvalue weighted by molar-refractivity contribution is 5.95. The molecule has 2 aromatic carbocycles. The topological polar surface area (TPSA) is 50.8 Å². The molecule has 1 fully saturated rings. The molecular weight excluding hydrogens is 340 g/mol. The quantitative estimate of drug-likeness (QED) is 0.889. The maximum atomic E-state index is 11.8. The fourth-order valence-corrected chi connectivity index (χ4v) is 3.19. The number of carbonyl (C=O) groups is 1. The van der Waals surface area contributed by atoms with E-state index >= 15 is 0 Å². The Labute approximate surface area is 153 Å². The number of anilines is 1. The monoisotopic (exact) mass is 360 g/mol. The van der Waals surface area contributed by atoms with Crippen LogP contribution in [0, 0.1) is 0 Å². The van der Waals surface area contributed by atoms with Gasteiger partial charge in [-0.15, -0.1) is 12.4 Å². The number of amides is 1. The minimum Gasteiger partial charge on any atom is -0.454 e. The molecule has 132 valence electrons. The lowest BCUT2D eigenvalue weighted by molar-refractivity contribution is -0.117. The van der Waals surface area contributed by atoms with E-state index in [0.717, 1.165) is 48.8 Å². The van der Waals surface area contributed by atoms with Crippen molar-refractivity contribution >= 4 is 24.0 Å². The molecule has 0 atom stereocenters. The van der Waals surface area contributed by atoms with Gasteiger partial charge in [-0.2, -0.15) is 0 Å². The number of para-hydroxylation sites is 1. The van der Waals surface area contributed by atoms with Gasteiger partial charge >= 0.3 is 0 Å². The van der Waals surface area contributed by atoms with E-state index in [4.69, 9.17) is 9.47 Å². The number of nitrogens with one attached hydrogen (secondary N) is 1. The molecule has 2 aromatic rings. The van der Waals surface area contributed by atoms with E-state index in [2.05, 4.69) is 17.4 Å². The number of hydrogen-bond acceptors (Lipinski definition) is 4. The molecule has 1 amide bonds. The summed E-state index contributed by atoms with van der Waals surface area (Å²) in [6.07, 6.45) is 1.62. The second kappa shape index (κ2) is 7.76. The highest BCUT2D eigenvalue weighted by atomic mass is 35.5. The van der Waals surface area contributed by atoms with Crippen molar-refractivity contribution in [2.45, 2.75) is 25.9 Å². The van der Waals surface area contributed by atoms with E-state index < -0.39 is 0 Å². The minimum atomic E-state index is 0. The van der Waals surface area contributed by atoms with Gasteiger partial charge in [-0.3, -0.25) is 4.79 Å². The van der Waals surface area contributed by atoms with Crippen molar-refractivity contribution in [2.24, 2.45) is 0 Å². The summed E-state index contributed by atoms with van der Waals surface area (Å²) in [5.41, 5.74) is 3.28. The molecule has 1 saturated heterocycles. The number of carbonyl (C=O) groups excluding carboxylic acids is 1. The predicted molar refractivity (Wildman–Crippen MR) is 98.4 cm³/mol. The van der Waals surface area contributed by atoms with Crippen LogP contribution in [-0.2, 0) is 17.9 Å². The second-order valence-electron chi connectivity index (χ2n) is 6.07. The van der Waals surface area contributed by atoms with E-state index in [9.17, 15) is 4.79 Å². The van der Waals surface area contributed by atoms with Gasteiger partial charge in [0.15, 0.2) is 11.5 Å². The summed E-state index contributed by atoms with van der Waals surface area (Å²) in [5, 5.41) is 3.43. The largest absolute Gasteiger partial charge is 0.454 e. The lowest BCUT2D eigenvalue weighted by Gasteiger charge is -2.16. The molecular formula is C19H21ClN2O3. The van der Waals surface area contributed by atoms with Gasteiger partial charge in [0.1, 0.15) is 0 Å². The van der Waals surface area contributed by atoms with E-state index in [-0.39, 0.29) is 18.3 Å². The van der Waals surface area contributed by atoms with Crippen molar-refractivity contribution in [3.8, 4) is 11.5 Å². The van der Waals surface area contributed by atoms with Crippen LogP contribution in [0.25, 0.3) is 0 Å². The van der Waals surface area contributed by atoms with E-state index in [1.54, 1.807) is 0 Å². The Morgan fingerprint density at radius 3 is 2.64 bits per heavy atom. The Hall–Kier alpha value is -2.24. The average Bonchev–Trinajstić information content (AvgIpc) is 3.25.